The molecule has 0 aliphatic heterocycles. The van der Waals surface area contributed by atoms with E-state index in [0.29, 0.717) is 23.8 Å². The highest BCUT2D eigenvalue weighted by molar-refractivity contribution is 5.56. The van der Waals surface area contributed by atoms with Gasteiger partial charge in [0.2, 0.25) is 11.7 Å². The van der Waals surface area contributed by atoms with Crippen molar-refractivity contribution in [3.05, 3.63) is 40.3 Å². The minimum atomic E-state index is -0.453. The number of hydrogen-bond donors (Lipinski definition) is 2. The van der Waals surface area contributed by atoms with E-state index in [1.807, 2.05) is 20.8 Å². The van der Waals surface area contributed by atoms with Gasteiger partial charge in [0.25, 0.3) is 5.69 Å². The van der Waals surface area contributed by atoms with E-state index in [0.717, 1.165) is 12.8 Å². The van der Waals surface area contributed by atoms with Crippen LogP contribution in [0.15, 0.2) is 28.8 Å². The predicted molar refractivity (Wildman–Crippen MR) is 92.9 cm³/mol. The molecule has 0 amide bonds. The highest BCUT2D eigenvalue weighted by atomic mass is 16.6. The molecule has 0 spiro atoms. The molecule has 1 aromatic carbocycles. The molecule has 1 heterocycles. The van der Waals surface area contributed by atoms with E-state index in [4.69, 9.17) is 4.52 Å². The zero-order chi connectivity index (χ0) is 18.4. The number of nitro benzene ring substituents is 1. The second kappa shape index (κ2) is 8.68. The number of nitro groups is 1. The number of aliphatic hydroxyl groups excluding tert-OH is 1. The minimum Gasteiger partial charge on any atom is -0.392 e. The summed E-state index contributed by atoms with van der Waals surface area (Å²) in [5.41, 5.74) is 0.660. The van der Waals surface area contributed by atoms with Crippen LogP contribution in [0, 0.1) is 16.0 Å². The molecule has 0 radical (unpaired) electrons. The molecule has 2 N–H and O–H groups in total. The van der Waals surface area contributed by atoms with Gasteiger partial charge in [-0.15, -0.1) is 0 Å². The Balaban J connectivity index is 2.12. The van der Waals surface area contributed by atoms with Gasteiger partial charge >= 0.3 is 0 Å². The maximum atomic E-state index is 10.7. The average Bonchev–Trinajstić information content (AvgIpc) is 3.04. The van der Waals surface area contributed by atoms with Crippen molar-refractivity contribution in [1.82, 2.24) is 15.5 Å². The number of aliphatic hydroxyl groups is 1. The molecule has 2 aromatic rings. The molecule has 0 aliphatic rings. The molecule has 0 fully saturated rings. The lowest BCUT2D eigenvalue weighted by Gasteiger charge is -2.20. The number of benzene rings is 1. The van der Waals surface area contributed by atoms with Crippen LogP contribution in [-0.4, -0.2) is 32.8 Å². The summed E-state index contributed by atoms with van der Waals surface area (Å²) in [5.74, 6) is 1.01. The van der Waals surface area contributed by atoms with Crippen molar-refractivity contribution in [3.63, 3.8) is 0 Å². The van der Waals surface area contributed by atoms with Crippen molar-refractivity contribution in [2.75, 3.05) is 6.54 Å². The maximum Gasteiger partial charge on any atom is 0.269 e. The van der Waals surface area contributed by atoms with Crippen molar-refractivity contribution in [3.8, 4) is 11.4 Å². The third-order valence-electron chi connectivity index (χ3n) is 3.91. The number of rotatable bonds is 9. The van der Waals surface area contributed by atoms with Gasteiger partial charge in [-0.25, -0.2) is 0 Å². The van der Waals surface area contributed by atoms with Gasteiger partial charge in [-0.3, -0.25) is 10.1 Å². The van der Waals surface area contributed by atoms with Gasteiger partial charge in [-0.05, 0) is 24.5 Å². The summed E-state index contributed by atoms with van der Waals surface area (Å²) in [6, 6.07) is 5.83. The van der Waals surface area contributed by atoms with Crippen LogP contribution in [0.3, 0.4) is 0 Å². The second-order valence-corrected chi connectivity index (χ2v) is 6.33. The van der Waals surface area contributed by atoms with Gasteiger partial charge in [0.1, 0.15) is 0 Å². The molecule has 8 nitrogen and oxygen atoms in total. The topological polar surface area (TPSA) is 114 Å². The summed E-state index contributed by atoms with van der Waals surface area (Å²) in [6.45, 7) is 6.53. The summed E-state index contributed by atoms with van der Waals surface area (Å²) < 4.78 is 5.37. The van der Waals surface area contributed by atoms with Gasteiger partial charge in [0.15, 0.2) is 0 Å². The molecule has 0 saturated heterocycles. The quantitative estimate of drug-likeness (QED) is 0.528. The third kappa shape index (κ3) is 5.07. The maximum absolute atomic E-state index is 10.7. The summed E-state index contributed by atoms with van der Waals surface area (Å²) in [7, 11) is 0. The lowest BCUT2D eigenvalue weighted by Crippen LogP contribution is -2.33. The first kappa shape index (κ1) is 19.0. The molecule has 2 rings (SSSR count). The van der Waals surface area contributed by atoms with Gasteiger partial charge < -0.3 is 14.9 Å². The number of aromatic nitrogens is 2. The fraction of sp³-hybridized carbons (Fsp3) is 0.529. The molecule has 0 unspecified atom stereocenters. The molecule has 2 atom stereocenters. The fourth-order valence-corrected chi connectivity index (χ4v) is 2.52. The lowest BCUT2D eigenvalue weighted by molar-refractivity contribution is -0.384. The Morgan fingerprint density at radius 1 is 1.32 bits per heavy atom. The van der Waals surface area contributed by atoms with Crippen LogP contribution in [0.2, 0.25) is 0 Å². The van der Waals surface area contributed by atoms with Gasteiger partial charge in [-0.1, -0.05) is 32.3 Å². The van der Waals surface area contributed by atoms with Crippen LogP contribution in [0.1, 0.15) is 45.5 Å². The Morgan fingerprint density at radius 2 is 2.00 bits per heavy atom. The summed E-state index contributed by atoms with van der Waals surface area (Å²) in [6.07, 6.45) is 1.23. The first-order valence-electron chi connectivity index (χ1n) is 8.42. The molecule has 25 heavy (non-hydrogen) atoms. The Hall–Kier alpha value is -2.32. The van der Waals surface area contributed by atoms with E-state index in [2.05, 4.69) is 15.5 Å². The molecular weight excluding hydrogens is 324 g/mol. The monoisotopic (exact) mass is 348 g/mol. The summed E-state index contributed by atoms with van der Waals surface area (Å²) in [4.78, 5) is 14.7. The molecule has 0 bridgehead atoms. The number of nitrogens with one attached hydrogen (secondary N) is 1. The van der Waals surface area contributed by atoms with Gasteiger partial charge in [-0.2, -0.15) is 4.98 Å². The Labute approximate surface area is 146 Å². The smallest absolute Gasteiger partial charge is 0.269 e. The normalized spacial score (nSPS) is 13.8. The first-order chi connectivity index (χ1) is 11.9. The van der Waals surface area contributed by atoms with E-state index < -0.39 is 11.0 Å². The van der Waals surface area contributed by atoms with Crippen LogP contribution in [0.5, 0.6) is 0 Å². The standard InChI is InChI=1S/C17H24N4O4/c1-4-5-14(22)10-18-15(11(2)3)17-19-16(20-25-17)12-6-8-13(9-7-12)21(23)24/h6-9,11,14-15,18,22H,4-5,10H2,1-3H3/t14-,15+/m0/s1. The minimum absolute atomic E-state index is 0.0131. The van der Waals surface area contributed by atoms with Crippen LogP contribution < -0.4 is 5.32 Å². The van der Waals surface area contributed by atoms with Crippen molar-refractivity contribution in [1.29, 1.82) is 0 Å². The number of nitrogens with zero attached hydrogens (tertiary/aromatic N) is 3. The van der Waals surface area contributed by atoms with Crippen LogP contribution >= 0.6 is 0 Å². The van der Waals surface area contributed by atoms with Gasteiger partial charge in [0, 0.05) is 24.2 Å². The molecule has 1 aromatic heterocycles. The predicted octanol–water partition coefficient (Wildman–Crippen LogP) is 3.09. The molecule has 0 saturated carbocycles. The summed E-state index contributed by atoms with van der Waals surface area (Å²) >= 11 is 0. The molecular formula is C17H24N4O4. The fourth-order valence-electron chi connectivity index (χ4n) is 2.52. The van der Waals surface area contributed by atoms with E-state index in [1.165, 1.54) is 12.1 Å². The Kier molecular flexibility index (Phi) is 6.60. The highest BCUT2D eigenvalue weighted by Crippen LogP contribution is 2.24. The van der Waals surface area contributed by atoms with E-state index in [1.54, 1.807) is 12.1 Å². The largest absolute Gasteiger partial charge is 0.392 e. The van der Waals surface area contributed by atoms with E-state index in [-0.39, 0.29) is 17.6 Å². The van der Waals surface area contributed by atoms with Crippen LogP contribution in [0.4, 0.5) is 5.69 Å². The zero-order valence-corrected chi connectivity index (χ0v) is 14.7. The van der Waals surface area contributed by atoms with Crippen molar-refractivity contribution >= 4 is 5.69 Å². The zero-order valence-electron chi connectivity index (χ0n) is 14.7. The Morgan fingerprint density at radius 3 is 2.56 bits per heavy atom. The number of non-ortho nitro benzene ring substituents is 1. The molecule has 136 valence electrons. The van der Waals surface area contributed by atoms with Crippen LogP contribution in [-0.2, 0) is 0 Å². The Bertz CT molecular complexity index is 684. The van der Waals surface area contributed by atoms with Gasteiger partial charge in [0.05, 0.1) is 17.1 Å². The summed E-state index contributed by atoms with van der Waals surface area (Å²) in [5, 5.41) is 27.9. The van der Waals surface area contributed by atoms with Crippen molar-refractivity contribution in [2.45, 2.75) is 45.8 Å². The average molecular weight is 348 g/mol. The van der Waals surface area contributed by atoms with E-state index in [9.17, 15) is 15.2 Å². The van der Waals surface area contributed by atoms with E-state index >= 15 is 0 Å². The highest BCUT2D eigenvalue weighted by Gasteiger charge is 2.23. The third-order valence-corrected chi connectivity index (χ3v) is 3.91. The molecule has 0 aliphatic carbocycles. The second-order valence-electron chi connectivity index (χ2n) is 6.33. The SMILES string of the molecule is CCC[C@H](O)CN[C@@H](c1nc(-c2ccc([N+](=O)[O-])cc2)no1)C(C)C. The van der Waals surface area contributed by atoms with Crippen molar-refractivity contribution < 1.29 is 14.6 Å². The lowest BCUT2D eigenvalue weighted by atomic mass is 10.0. The van der Waals surface area contributed by atoms with Crippen molar-refractivity contribution in [2.24, 2.45) is 5.92 Å². The van der Waals surface area contributed by atoms with Crippen LogP contribution in [0.25, 0.3) is 11.4 Å². The first-order valence-corrected chi connectivity index (χ1v) is 8.42. The number of hydrogen-bond acceptors (Lipinski definition) is 7. The molecule has 8 heteroatoms.